The Hall–Kier alpha value is -3.04. The Morgan fingerprint density at radius 2 is 1.75 bits per heavy atom. The molecule has 2 aromatic carbocycles. The van der Waals surface area contributed by atoms with Gasteiger partial charge in [0.05, 0.1) is 11.4 Å². The number of hydrogen-bond acceptors (Lipinski definition) is 6. The number of carbonyl (C=O) groups is 1. The summed E-state index contributed by atoms with van der Waals surface area (Å²) in [6.45, 7) is 4.32. The Morgan fingerprint density at radius 3 is 2.56 bits per heavy atom. The van der Waals surface area contributed by atoms with Crippen molar-refractivity contribution in [1.82, 2.24) is 10.3 Å². The van der Waals surface area contributed by atoms with Gasteiger partial charge in [0, 0.05) is 50.2 Å². The van der Waals surface area contributed by atoms with E-state index in [1.807, 2.05) is 29.2 Å². The molecule has 0 bridgehead atoms. The molecular formula is C23H23F2N5OS. The van der Waals surface area contributed by atoms with Crippen LogP contribution in [0.5, 0.6) is 0 Å². The highest BCUT2D eigenvalue weighted by atomic mass is 32.1. The summed E-state index contributed by atoms with van der Waals surface area (Å²) in [6.07, 6.45) is 0.401. The summed E-state index contributed by atoms with van der Waals surface area (Å²) in [5, 5.41) is 8.65. The first-order chi connectivity index (χ1) is 15.6. The lowest BCUT2D eigenvalue weighted by Gasteiger charge is -2.31. The second kappa shape index (κ2) is 8.84. The summed E-state index contributed by atoms with van der Waals surface area (Å²) in [5.74, 6) is -1.07. The summed E-state index contributed by atoms with van der Waals surface area (Å²) in [6, 6.07) is 10.1. The minimum Gasteiger partial charge on any atom is -0.367 e. The molecule has 1 saturated heterocycles. The number of aromatic nitrogens is 1. The molecule has 0 radical (unpaired) electrons. The van der Waals surface area contributed by atoms with Crippen LogP contribution < -0.4 is 20.4 Å². The van der Waals surface area contributed by atoms with Crippen molar-refractivity contribution in [3.8, 4) is 0 Å². The average Bonchev–Trinajstić information content (AvgIpc) is 3.33. The van der Waals surface area contributed by atoms with Gasteiger partial charge in [-0.05, 0) is 36.2 Å². The largest absolute Gasteiger partial charge is 0.367 e. The third-order valence-electron chi connectivity index (χ3n) is 5.90. The predicted octanol–water partition coefficient (Wildman–Crippen LogP) is 3.65. The van der Waals surface area contributed by atoms with Crippen LogP contribution in [0.1, 0.15) is 21.6 Å². The summed E-state index contributed by atoms with van der Waals surface area (Å²) in [4.78, 5) is 21.5. The molecule has 3 aromatic rings. The monoisotopic (exact) mass is 455 g/mol. The fourth-order valence-electron chi connectivity index (χ4n) is 4.22. The molecule has 2 aliphatic heterocycles. The SMILES string of the molecule is O=C(Nc1ccccc1N1CCNCC1)c1csc(N2CCc3c(F)ccc(F)c3C2)n1. The number of amides is 1. The molecule has 1 aromatic heterocycles. The van der Waals surface area contributed by atoms with Gasteiger partial charge in [-0.2, -0.15) is 0 Å². The number of rotatable bonds is 4. The smallest absolute Gasteiger partial charge is 0.275 e. The number of hydrogen-bond donors (Lipinski definition) is 2. The van der Waals surface area contributed by atoms with Crippen molar-refractivity contribution in [3.63, 3.8) is 0 Å². The lowest BCUT2D eigenvalue weighted by molar-refractivity contribution is 0.102. The van der Waals surface area contributed by atoms with E-state index in [0.29, 0.717) is 34.9 Å². The van der Waals surface area contributed by atoms with Gasteiger partial charge in [-0.15, -0.1) is 11.3 Å². The maximum Gasteiger partial charge on any atom is 0.275 e. The molecule has 2 N–H and O–H groups in total. The Balaban J connectivity index is 1.32. The van der Waals surface area contributed by atoms with Gasteiger partial charge in [-0.1, -0.05) is 12.1 Å². The van der Waals surface area contributed by atoms with Crippen molar-refractivity contribution in [1.29, 1.82) is 0 Å². The van der Waals surface area contributed by atoms with Crippen molar-refractivity contribution in [2.45, 2.75) is 13.0 Å². The second-order valence-electron chi connectivity index (χ2n) is 7.88. The molecule has 1 amide bonds. The van der Waals surface area contributed by atoms with Crippen LogP contribution in [0.25, 0.3) is 0 Å². The number of halogens is 2. The number of fused-ring (bicyclic) bond motifs is 1. The van der Waals surface area contributed by atoms with Crippen LogP contribution in [-0.4, -0.2) is 43.6 Å². The minimum absolute atomic E-state index is 0.235. The molecule has 2 aliphatic rings. The van der Waals surface area contributed by atoms with Crippen molar-refractivity contribution >= 4 is 33.8 Å². The first-order valence-electron chi connectivity index (χ1n) is 10.6. The van der Waals surface area contributed by atoms with Crippen molar-refractivity contribution in [2.24, 2.45) is 0 Å². The molecular weight excluding hydrogens is 432 g/mol. The van der Waals surface area contributed by atoms with Crippen LogP contribution in [0.2, 0.25) is 0 Å². The first kappa shape index (κ1) is 20.8. The molecule has 0 spiro atoms. The number of carbonyl (C=O) groups excluding carboxylic acids is 1. The van der Waals surface area contributed by atoms with E-state index in [4.69, 9.17) is 0 Å². The Labute approximate surface area is 188 Å². The van der Waals surface area contributed by atoms with Gasteiger partial charge in [0.1, 0.15) is 17.3 Å². The average molecular weight is 456 g/mol. The maximum absolute atomic E-state index is 14.2. The fraction of sp³-hybridized carbons (Fsp3) is 0.304. The number of piperazine rings is 1. The third-order valence-corrected chi connectivity index (χ3v) is 6.80. The number of thiazole rings is 1. The standard InChI is InChI=1S/C23H23F2N5OS/c24-17-5-6-18(25)16-13-30(10-7-15(16)17)23-28-20(14-32-23)22(31)27-19-3-1-2-4-21(19)29-11-8-26-9-12-29/h1-6,14,26H,7-13H2,(H,27,31). The van der Waals surface area contributed by atoms with Crippen LogP contribution in [0.3, 0.4) is 0 Å². The van der Waals surface area contributed by atoms with E-state index < -0.39 is 5.82 Å². The predicted molar refractivity (Wildman–Crippen MR) is 123 cm³/mol. The minimum atomic E-state index is -0.412. The van der Waals surface area contributed by atoms with E-state index in [2.05, 4.69) is 20.5 Å². The highest BCUT2D eigenvalue weighted by Crippen LogP contribution is 2.31. The van der Waals surface area contributed by atoms with Gasteiger partial charge >= 0.3 is 0 Å². The van der Waals surface area contributed by atoms with Crippen LogP contribution in [0, 0.1) is 11.6 Å². The van der Waals surface area contributed by atoms with Gasteiger partial charge in [0.15, 0.2) is 5.13 Å². The van der Waals surface area contributed by atoms with Crippen molar-refractivity contribution in [2.75, 3.05) is 47.8 Å². The molecule has 9 heteroatoms. The van der Waals surface area contributed by atoms with Crippen molar-refractivity contribution < 1.29 is 13.6 Å². The Bertz CT molecular complexity index is 1150. The fourth-order valence-corrected chi connectivity index (χ4v) is 5.05. The summed E-state index contributed by atoms with van der Waals surface area (Å²) in [5.41, 5.74) is 2.84. The molecule has 0 saturated carbocycles. The van der Waals surface area contributed by atoms with Crippen molar-refractivity contribution in [3.05, 3.63) is 70.2 Å². The van der Waals surface area contributed by atoms with Gasteiger partial charge in [0.25, 0.3) is 5.91 Å². The van der Waals surface area contributed by atoms with Crippen LogP contribution in [0.15, 0.2) is 41.8 Å². The second-order valence-corrected chi connectivity index (χ2v) is 8.72. The molecule has 0 aliphatic carbocycles. The van der Waals surface area contributed by atoms with Gasteiger partial charge in [-0.3, -0.25) is 4.79 Å². The molecule has 0 atom stereocenters. The molecule has 5 rings (SSSR count). The normalized spacial score (nSPS) is 16.1. The van der Waals surface area contributed by atoms with E-state index in [1.165, 1.54) is 17.4 Å². The first-order valence-corrected chi connectivity index (χ1v) is 11.5. The zero-order valence-corrected chi connectivity index (χ0v) is 18.2. The van der Waals surface area contributed by atoms with E-state index in [-0.39, 0.29) is 18.3 Å². The van der Waals surface area contributed by atoms with Gasteiger partial charge < -0.3 is 20.4 Å². The Morgan fingerprint density at radius 1 is 1.00 bits per heavy atom. The number of anilines is 3. The maximum atomic E-state index is 14.2. The number of benzene rings is 2. The molecule has 6 nitrogen and oxygen atoms in total. The van der Waals surface area contributed by atoms with Crippen LogP contribution in [-0.2, 0) is 13.0 Å². The van der Waals surface area contributed by atoms with E-state index in [1.54, 1.807) is 5.38 Å². The number of nitrogens with one attached hydrogen (secondary N) is 2. The number of para-hydroxylation sites is 2. The third kappa shape index (κ3) is 4.05. The number of nitrogens with zero attached hydrogens (tertiary/aromatic N) is 3. The molecule has 0 unspecified atom stereocenters. The van der Waals surface area contributed by atoms with Gasteiger partial charge in [0.2, 0.25) is 0 Å². The highest BCUT2D eigenvalue weighted by molar-refractivity contribution is 7.13. The van der Waals surface area contributed by atoms with E-state index in [9.17, 15) is 13.6 Å². The summed E-state index contributed by atoms with van der Waals surface area (Å²) in [7, 11) is 0. The zero-order chi connectivity index (χ0) is 22.1. The topological polar surface area (TPSA) is 60.5 Å². The lowest BCUT2D eigenvalue weighted by Crippen LogP contribution is -2.43. The molecule has 32 heavy (non-hydrogen) atoms. The lowest BCUT2D eigenvalue weighted by atomic mass is 9.99. The van der Waals surface area contributed by atoms with E-state index >= 15 is 0 Å². The van der Waals surface area contributed by atoms with Gasteiger partial charge in [-0.25, -0.2) is 13.8 Å². The Kier molecular flexibility index (Phi) is 5.75. The van der Waals surface area contributed by atoms with Crippen LogP contribution >= 0.6 is 11.3 Å². The van der Waals surface area contributed by atoms with E-state index in [0.717, 1.165) is 43.6 Å². The summed E-state index contributed by atoms with van der Waals surface area (Å²) < 4.78 is 28.2. The van der Waals surface area contributed by atoms with Crippen LogP contribution in [0.4, 0.5) is 25.3 Å². The highest BCUT2D eigenvalue weighted by Gasteiger charge is 2.25. The quantitative estimate of drug-likeness (QED) is 0.629. The summed E-state index contributed by atoms with van der Waals surface area (Å²) >= 11 is 1.33. The molecule has 1 fully saturated rings. The zero-order valence-electron chi connectivity index (χ0n) is 17.4. The molecule has 3 heterocycles. The molecule has 166 valence electrons.